The van der Waals surface area contributed by atoms with Crippen LogP contribution in [0.15, 0.2) is 54.6 Å². The number of pyridine rings is 1. The second-order valence-corrected chi connectivity index (χ2v) is 7.83. The van der Waals surface area contributed by atoms with Crippen molar-refractivity contribution in [1.82, 2.24) is 4.98 Å². The molecule has 3 N–H and O–H groups in total. The van der Waals surface area contributed by atoms with Gasteiger partial charge in [0, 0.05) is 16.6 Å². The van der Waals surface area contributed by atoms with Crippen molar-refractivity contribution in [3.63, 3.8) is 0 Å². The number of nitrogen functional groups attached to an aromatic ring is 1. The number of amides is 1. The number of ether oxygens (including phenoxy) is 1. The number of hydrogen-bond acceptors (Lipinski definition) is 5. The lowest BCUT2D eigenvalue weighted by molar-refractivity contribution is 0.103. The van der Waals surface area contributed by atoms with Crippen LogP contribution >= 0.6 is 11.3 Å². The highest BCUT2D eigenvalue weighted by Gasteiger charge is 2.19. The van der Waals surface area contributed by atoms with Gasteiger partial charge in [-0.2, -0.15) is 0 Å². The van der Waals surface area contributed by atoms with Crippen molar-refractivity contribution in [3.05, 3.63) is 70.6 Å². The van der Waals surface area contributed by atoms with E-state index in [4.69, 9.17) is 15.5 Å². The number of thiophene rings is 1. The molecule has 0 saturated carbocycles. The Morgan fingerprint density at radius 1 is 1.10 bits per heavy atom. The summed E-state index contributed by atoms with van der Waals surface area (Å²) in [6.07, 6.45) is 0. The highest BCUT2D eigenvalue weighted by atomic mass is 32.1. The first-order valence-electron chi connectivity index (χ1n) is 9.19. The molecule has 2 heterocycles. The van der Waals surface area contributed by atoms with Gasteiger partial charge < -0.3 is 15.8 Å². The van der Waals surface area contributed by atoms with Crippen LogP contribution in [0.5, 0.6) is 5.75 Å². The van der Waals surface area contributed by atoms with Gasteiger partial charge in [-0.3, -0.25) is 4.79 Å². The number of hydrogen-bond donors (Lipinski definition) is 2. The molecule has 0 aliphatic carbocycles. The number of rotatable bonds is 4. The Labute approximate surface area is 173 Å². The summed E-state index contributed by atoms with van der Waals surface area (Å²) < 4.78 is 5.29. The predicted molar refractivity (Wildman–Crippen MR) is 120 cm³/mol. The number of nitrogens with two attached hydrogens (primary N) is 1. The van der Waals surface area contributed by atoms with Gasteiger partial charge in [-0.25, -0.2) is 4.98 Å². The molecular formula is C23H21N3O2S. The zero-order valence-electron chi connectivity index (χ0n) is 16.4. The molecule has 0 spiro atoms. The molecule has 6 heteroatoms. The molecule has 1 amide bonds. The third-order valence-electron chi connectivity index (χ3n) is 5.02. The summed E-state index contributed by atoms with van der Waals surface area (Å²) in [6, 6.07) is 17.4. The Kier molecular flexibility index (Phi) is 4.94. The minimum absolute atomic E-state index is 0.220. The third kappa shape index (κ3) is 3.54. The van der Waals surface area contributed by atoms with Gasteiger partial charge in [0.1, 0.15) is 15.5 Å². The molecule has 0 bridgehead atoms. The van der Waals surface area contributed by atoms with Crippen molar-refractivity contribution >= 4 is 38.8 Å². The molecule has 29 heavy (non-hydrogen) atoms. The maximum Gasteiger partial charge on any atom is 0.267 e. The molecule has 0 unspecified atom stereocenters. The van der Waals surface area contributed by atoms with E-state index in [0.29, 0.717) is 10.6 Å². The lowest BCUT2D eigenvalue weighted by Gasteiger charge is -2.09. The molecule has 2 aromatic carbocycles. The van der Waals surface area contributed by atoms with Gasteiger partial charge in [-0.1, -0.05) is 24.3 Å². The molecule has 0 radical (unpaired) electrons. The van der Waals surface area contributed by atoms with E-state index in [9.17, 15) is 4.79 Å². The van der Waals surface area contributed by atoms with E-state index in [1.807, 2.05) is 68.4 Å². The Morgan fingerprint density at radius 3 is 2.69 bits per heavy atom. The molecule has 5 nitrogen and oxygen atoms in total. The van der Waals surface area contributed by atoms with Crippen molar-refractivity contribution in [3.8, 4) is 17.0 Å². The zero-order chi connectivity index (χ0) is 20.5. The van der Waals surface area contributed by atoms with Gasteiger partial charge in [0.05, 0.1) is 18.5 Å². The average molecular weight is 404 g/mol. The number of nitrogens with one attached hydrogen (secondary N) is 1. The summed E-state index contributed by atoms with van der Waals surface area (Å²) in [7, 11) is 1.64. The number of carbonyl (C=O) groups excluding carboxylic acids is 1. The quantitative estimate of drug-likeness (QED) is 0.477. The van der Waals surface area contributed by atoms with Gasteiger partial charge in [0.2, 0.25) is 0 Å². The van der Waals surface area contributed by atoms with Crippen LogP contribution in [0.4, 0.5) is 11.4 Å². The van der Waals surface area contributed by atoms with Crippen LogP contribution in [0.1, 0.15) is 20.8 Å². The topological polar surface area (TPSA) is 77.2 Å². The van der Waals surface area contributed by atoms with Crippen molar-refractivity contribution in [2.45, 2.75) is 13.8 Å². The summed E-state index contributed by atoms with van der Waals surface area (Å²) in [5.74, 6) is 0.547. The first-order valence-corrected chi connectivity index (χ1v) is 10.0. The minimum atomic E-state index is -0.220. The summed E-state index contributed by atoms with van der Waals surface area (Å²) in [6.45, 7) is 4.00. The van der Waals surface area contributed by atoms with E-state index in [0.717, 1.165) is 44.0 Å². The number of carbonyl (C=O) groups is 1. The lowest BCUT2D eigenvalue weighted by atomic mass is 10.1. The Hall–Kier alpha value is -3.38. The molecule has 146 valence electrons. The number of anilines is 2. The molecular weight excluding hydrogens is 382 g/mol. The molecule has 0 aliphatic rings. The Bertz CT molecular complexity index is 1230. The summed E-state index contributed by atoms with van der Waals surface area (Å²) >= 11 is 1.30. The van der Waals surface area contributed by atoms with Gasteiger partial charge in [0.25, 0.3) is 5.91 Å². The molecule has 0 aliphatic heterocycles. The second kappa shape index (κ2) is 7.56. The highest BCUT2D eigenvalue weighted by Crippen LogP contribution is 2.35. The fourth-order valence-electron chi connectivity index (χ4n) is 3.17. The number of aryl methyl sites for hydroxylation is 1. The average Bonchev–Trinajstić information content (AvgIpc) is 3.07. The van der Waals surface area contributed by atoms with Gasteiger partial charge in [-0.05, 0) is 55.3 Å². The number of benzene rings is 2. The van der Waals surface area contributed by atoms with E-state index in [1.54, 1.807) is 7.11 Å². The van der Waals surface area contributed by atoms with E-state index in [1.165, 1.54) is 11.3 Å². The number of nitrogens with zero attached hydrogens (tertiary/aromatic N) is 1. The standard InChI is InChI=1S/C23H21N3O2S/c1-13-6-4-9-18(14(13)2)25-22(27)21-20(24)17-10-11-19(26-23(17)29-21)15-7-5-8-16(12-15)28-3/h4-12H,24H2,1-3H3,(H,25,27). The van der Waals surface area contributed by atoms with Gasteiger partial charge in [0.15, 0.2) is 0 Å². The number of fused-ring (bicyclic) bond motifs is 1. The van der Waals surface area contributed by atoms with E-state index < -0.39 is 0 Å². The van der Waals surface area contributed by atoms with Crippen LogP contribution in [0.3, 0.4) is 0 Å². The van der Waals surface area contributed by atoms with Crippen LogP contribution in [-0.4, -0.2) is 18.0 Å². The third-order valence-corrected chi connectivity index (χ3v) is 6.13. The van der Waals surface area contributed by atoms with Gasteiger partial charge >= 0.3 is 0 Å². The fourth-order valence-corrected chi connectivity index (χ4v) is 4.16. The smallest absolute Gasteiger partial charge is 0.267 e. The maximum absolute atomic E-state index is 12.9. The zero-order valence-corrected chi connectivity index (χ0v) is 17.3. The number of aromatic nitrogens is 1. The summed E-state index contributed by atoms with van der Waals surface area (Å²) in [5.41, 5.74) is 11.4. The van der Waals surface area contributed by atoms with Crippen LogP contribution in [0.2, 0.25) is 0 Å². The van der Waals surface area contributed by atoms with Crippen LogP contribution in [-0.2, 0) is 0 Å². The Balaban J connectivity index is 1.70. The van der Waals surface area contributed by atoms with Gasteiger partial charge in [-0.15, -0.1) is 11.3 Å². The molecule has 0 atom stereocenters. The van der Waals surface area contributed by atoms with Crippen molar-refractivity contribution in [1.29, 1.82) is 0 Å². The summed E-state index contributed by atoms with van der Waals surface area (Å²) in [4.78, 5) is 18.8. The highest BCUT2D eigenvalue weighted by molar-refractivity contribution is 7.21. The van der Waals surface area contributed by atoms with Crippen LogP contribution in [0.25, 0.3) is 21.5 Å². The lowest BCUT2D eigenvalue weighted by Crippen LogP contribution is -2.13. The van der Waals surface area contributed by atoms with Crippen molar-refractivity contribution in [2.24, 2.45) is 0 Å². The van der Waals surface area contributed by atoms with Crippen molar-refractivity contribution < 1.29 is 9.53 Å². The summed E-state index contributed by atoms with van der Waals surface area (Å²) in [5, 5.41) is 3.76. The van der Waals surface area contributed by atoms with Crippen LogP contribution < -0.4 is 15.8 Å². The van der Waals surface area contributed by atoms with E-state index >= 15 is 0 Å². The minimum Gasteiger partial charge on any atom is -0.497 e. The predicted octanol–water partition coefficient (Wildman–Crippen LogP) is 5.42. The molecule has 2 aromatic heterocycles. The first-order chi connectivity index (χ1) is 14.0. The monoisotopic (exact) mass is 403 g/mol. The van der Waals surface area contributed by atoms with Crippen molar-refractivity contribution in [2.75, 3.05) is 18.2 Å². The fraction of sp³-hybridized carbons (Fsp3) is 0.130. The van der Waals surface area contributed by atoms with E-state index in [-0.39, 0.29) is 5.91 Å². The number of methoxy groups -OCH3 is 1. The maximum atomic E-state index is 12.9. The Morgan fingerprint density at radius 2 is 1.90 bits per heavy atom. The second-order valence-electron chi connectivity index (χ2n) is 6.83. The normalized spacial score (nSPS) is 10.9. The molecule has 4 rings (SSSR count). The van der Waals surface area contributed by atoms with E-state index in [2.05, 4.69) is 5.32 Å². The SMILES string of the molecule is COc1cccc(-c2ccc3c(N)c(C(=O)Nc4cccc(C)c4C)sc3n2)c1. The first kappa shape index (κ1) is 19.0. The largest absolute Gasteiger partial charge is 0.497 e. The molecule has 0 fully saturated rings. The molecule has 0 saturated heterocycles. The van der Waals surface area contributed by atoms with Crippen LogP contribution in [0, 0.1) is 13.8 Å². The molecule has 4 aromatic rings.